The van der Waals surface area contributed by atoms with E-state index in [4.69, 9.17) is 4.52 Å². The van der Waals surface area contributed by atoms with Gasteiger partial charge < -0.3 is 30.7 Å². The van der Waals surface area contributed by atoms with Gasteiger partial charge in [-0.3, -0.25) is 14.2 Å². The lowest BCUT2D eigenvalue weighted by atomic mass is 10.0. The standard InChI is InChI=1S/C27H51N4O6PS/c1-2-37-38(35,36)20-14-7-5-3-4-6-9-16-24(32)28-18-12-8-13-19-29-25(33)17-11-10-15-23-26-22(21-39-23)30-27(34)31-26/h22-23,26H,2-21H2,1H3,(H,28,32)(H,29,33)(H,35,36)(H2,30,31,34)/t22-,23+,26+/m1/s1. The van der Waals surface area contributed by atoms with Gasteiger partial charge in [0, 0.05) is 43.1 Å². The van der Waals surface area contributed by atoms with E-state index in [0.717, 1.165) is 82.8 Å². The Kier molecular flexibility index (Phi) is 17.2. The number of fused-ring (bicyclic) bond motifs is 1. The number of nitrogens with one attached hydrogen (secondary N) is 4. The molecule has 2 rings (SSSR count). The molecule has 0 aliphatic carbocycles. The topological polar surface area (TPSA) is 146 Å². The minimum Gasteiger partial charge on any atom is -0.356 e. The maximum atomic E-state index is 12.0. The van der Waals surface area contributed by atoms with E-state index in [1.165, 1.54) is 0 Å². The molecule has 4 atom stereocenters. The molecule has 2 heterocycles. The molecule has 10 nitrogen and oxygen atoms in total. The summed E-state index contributed by atoms with van der Waals surface area (Å²) >= 11 is 1.91. The predicted molar refractivity (Wildman–Crippen MR) is 157 cm³/mol. The van der Waals surface area contributed by atoms with Crippen LogP contribution in [-0.4, -0.2) is 71.7 Å². The molecule has 2 fully saturated rings. The number of carbonyl (C=O) groups excluding carboxylic acids is 3. The molecule has 2 saturated heterocycles. The van der Waals surface area contributed by atoms with Crippen LogP contribution in [0.1, 0.15) is 103 Å². The number of hydrogen-bond acceptors (Lipinski definition) is 6. The van der Waals surface area contributed by atoms with Crippen LogP contribution in [0.3, 0.4) is 0 Å². The maximum absolute atomic E-state index is 12.0. The molecule has 39 heavy (non-hydrogen) atoms. The minimum atomic E-state index is -3.37. The zero-order valence-electron chi connectivity index (χ0n) is 23.7. The second kappa shape index (κ2) is 19.7. The number of unbranched alkanes of at least 4 members (excludes halogenated alkanes) is 9. The van der Waals surface area contributed by atoms with Crippen molar-refractivity contribution in [2.75, 3.05) is 31.6 Å². The molecule has 0 spiro atoms. The molecule has 2 aliphatic rings. The van der Waals surface area contributed by atoms with Crippen LogP contribution >= 0.6 is 19.4 Å². The SMILES string of the molecule is CCOP(=O)(O)CCCCCCCCCC(=O)NCCCCCNC(=O)CCCC[C@@H]1SC[C@H]2NC(=O)N[C@H]12. The monoisotopic (exact) mass is 590 g/mol. The Bertz CT molecular complexity index is 789. The molecule has 1 unspecified atom stereocenters. The highest BCUT2D eigenvalue weighted by Gasteiger charge is 2.42. The molecular weight excluding hydrogens is 539 g/mol. The Morgan fingerprint density at radius 3 is 2.10 bits per heavy atom. The maximum Gasteiger partial charge on any atom is 0.328 e. The predicted octanol–water partition coefficient (Wildman–Crippen LogP) is 4.46. The molecule has 4 amide bonds. The fraction of sp³-hybridized carbons (Fsp3) is 0.889. The van der Waals surface area contributed by atoms with Crippen LogP contribution in [-0.2, 0) is 18.7 Å². The van der Waals surface area contributed by atoms with Gasteiger partial charge in [0.25, 0.3) is 0 Å². The largest absolute Gasteiger partial charge is 0.356 e. The van der Waals surface area contributed by atoms with Crippen molar-refractivity contribution in [1.82, 2.24) is 21.3 Å². The number of amides is 4. The Hall–Kier alpha value is -1.29. The quantitative estimate of drug-likeness (QED) is 0.0671. The Labute approximate surface area is 238 Å². The summed E-state index contributed by atoms with van der Waals surface area (Å²) < 4.78 is 16.4. The van der Waals surface area contributed by atoms with Gasteiger partial charge in [-0.15, -0.1) is 0 Å². The lowest BCUT2D eigenvalue weighted by Crippen LogP contribution is -2.36. The third kappa shape index (κ3) is 15.3. The molecule has 0 bridgehead atoms. The molecule has 0 radical (unpaired) electrons. The second-order valence-electron chi connectivity index (χ2n) is 10.6. The van der Waals surface area contributed by atoms with E-state index in [1.807, 2.05) is 11.8 Å². The zero-order valence-corrected chi connectivity index (χ0v) is 25.4. The third-order valence-electron chi connectivity index (χ3n) is 7.25. The van der Waals surface area contributed by atoms with Crippen molar-refractivity contribution in [3.8, 4) is 0 Å². The van der Waals surface area contributed by atoms with Crippen LogP contribution in [0.4, 0.5) is 4.79 Å². The van der Waals surface area contributed by atoms with Gasteiger partial charge in [-0.1, -0.05) is 38.5 Å². The number of urea groups is 1. The smallest absolute Gasteiger partial charge is 0.328 e. The van der Waals surface area contributed by atoms with Crippen LogP contribution in [0.25, 0.3) is 0 Å². The molecule has 226 valence electrons. The van der Waals surface area contributed by atoms with Crippen molar-refractivity contribution < 1.29 is 28.4 Å². The highest BCUT2D eigenvalue weighted by atomic mass is 32.2. The van der Waals surface area contributed by atoms with Gasteiger partial charge in [-0.25, -0.2) is 4.79 Å². The van der Waals surface area contributed by atoms with Crippen molar-refractivity contribution in [3.63, 3.8) is 0 Å². The van der Waals surface area contributed by atoms with Crippen LogP contribution in [0.5, 0.6) is 0 Å². The van der Waals surface area contributed by atoms with Gasteiger partial charge in [0.1, 0.15) is 0 Å². The highest BCUT2D eigenvalue weighted by Crippen LogP contribution is 2.42. The summed E-state index contributed by atoms with van der Waals surface area (Å²) in [5, 5.41) is 12.4. The van der Waals surface area contributed by atoms with Crippen molar-refractivity contribution in [1.29, 1.82) is 0 Å². The summed E-state index contributed by atoms with van der Waals surface area (Å²) in [5.74, 6) is 1.18. The van der Waals surface area contributed by atoms with E-state index in [-0.39, 0.29) is 42.7 Å². The number of thioether (sulfide) groups is 1. The zero-order chi connectivity index (χ0) is 28.3. The van der Waals surface area contributed by atoms with Crippen molar-refractivity contribution in [2.24, 2.45) is 0 Å². The molecular formula is C27H51N4O6PS. The Morgan fingerprint density at radius 2 is 1.46 bits per heavy atom. The summed E-state index contributed by atoms with van der Waals surface area (Å²) in [6.45, 7) is 3.35. The third-order valence-corrected chi connectivity index (χ3v) is 10.3. The van der Waals surface area contributed by atoms with Gasteiger partial charge in [-0.2, -0.15) is 11.8 Å². The summed E-state index contributed by atoms with van der Waals surface area (Å²) in [4.78, 5) is 45.0. The van der Waals surface area contributed by atoms with Crippen molar-refractivity contribution in [3.05, 3.63) is 0 Å². The second-order valence-corrected chi connectivity index (χ2v) is 13.9. The number of hydrogen-bond donors (Lipinski definition) is 5. The Morgan fingerprint density at radius 1 is 0.897 bits per heavy atom. The van der Waals surface area contributed by atoms with Crippen LogP contribution in [0, 0.1) is 0 Å². The average Bonchev–Trinajstić information content (AvgIpc) is 3.44. The van der Waals surface area contributed by atoms with E-state index < -0.39 is 7.60 Å². The van der Waals surface area contributed by atoms with Crippen LogP contribution < -0.4 is 21.3 Å². The van der Waals surface area contributed by atoms with Crippen LogP contribution in [0.15, 0.2) is 0 Å². The molecule has 12 heteroatoms. The molecule has 0 aromatic rings. The molecule has 0 aromatic heterocycles. The first-order chi connectivity index (χ1) is 18.8. The average molecular weight is 591 g/mol. The molecule has 5 N–H and O–H groups in total. The first kappa shape index (κ1) is 33.9. The van der Waals surface area contributed by atoms with E-state index >= 15 is 0 Å². The highest BCUT2D eigenvalue weighted by molar-refractivity contribution is 8.00. The lowest BCUT2D eigenvalue weighted by Gasteiger charge is -2.16. The minimum absolute atomic E-state index is 0.0541. The van der Waals surface area contributed by atoms with E-state index in [9.17, 15) is 23.8 Å². The molecule has 0 saturated carbocycles. The van der Waals surface area contributed by atoms with Crippen molar-refractivity contribution >= 4 is 37.2 Å². The first-order valence-corrected chi connectivity index (χ1v) is 17.8. The summed E-state index contributed by atoms with van der Waals surface area (Å²) in [7, 11) is -3.37. The fourth-order valence-electron chi connectivity index (χ4n) is 5.08. The van der Waals surface area contributed by atoms with E-state index in [0.29, 0.717) is 37.6 Å². The lowest BCUT2D eigenvalue weighted by molar-refractivity contribution is -0.121. The number of carbonyl (C=O) groups is 3. The molecule has 0 aromatic carbocycles. The molecule has 2 aliphatic heterocycles. The van der Waals surface area contributed by atoms with Crippen LogP contribution in [0.2, 0.25) is 0 Å². The van der Waals surface area contributed by atoms with Gasteiger partial charge in [0.2, 0.25) is 11.8 Å². The summed E-state index contributed by atoms with van der Waals surface area (Å²) in [6, 6.07) is 0.435. The fourth-order valence-corrected chi connectivity index (χ4v) is 7.78. The number of rotatable bonds is 23. The van der Waals surface area contributed by atoms with E-state index in [1.54, 1.807) is 6.92 Å². The van der Waals surface area contributed by atoms with Gasteiger partial charge in [0.15, 0.2) is 0 Å². The normalized spacial score (nSPS) is 21.6. The summed E-state index contributed by atoms with van der Waals surface area (Å²) in [6.07, 6.45) is 13.8. The van der Waals surface area contributed by atoms with Gasteiger partial charge in [-0.05, 0) is 51.9 Å². The van der Waals surface area contributed by atoms with Crippen molar-refractivity contribution in [2.45, 2.75) is 121 Å². The van der Waals surface area contributed by atoms with E-state index in [2.05, 4.69) is 21.3 Å². The Balaban J connectivity index is 1.30. The first-order valence-electron chi connectivity index (χ1n) is 15.0. The van der Waals surface area contributed by atoms with Gasteiger partial charge in [0.05, 0.1) is 18.7 Å². The van der Waals surface area contributed by atoms with Gasteiger partial charge >= 0.3 is 13.6 Å². The summed E-state index contributed by atoms with van der Waals surface area (Å²) in [5.41, 5.74) is 0.